The minimum Gasteiger partial charge on any atom is -0.508 e. The van der Waals surface area contributed by atoms with Gasteiger partial charge in [0.25, 0.3) is 0 Å². The van der Waals surface area contributed by atoms with Gasteiger partial charge in [0.05, 0.1) is 16.4 Å². The normalized spacial score (nSPS) is 10.8. The van der Waals surface area contributed by atoms with Crippen LogP contribution in [-0.2, 0) is 19.2 Å². The first-order chi connectivity index (χ1) is 8.61. The largest absolute Gasteiger partial charge is 0.508 e. The maximum Gasteiger partial charge on any atom is 0.115 e. The van der Waals surface area contributed by atoms with Crippen LogP contribution in [0.3, 0.4) is 0 Å². The Morgan fingerprint density at radius 1 is 1.33 bits per heavy atom. The Morgan fingerprint density at radius 2 is 2.00 bits per heavy atom. The third-order valence-electron chi connectivity index (χ3n) is 2.72. The van der Waals surface area contributed by atoms with Crippen LogP contribution < -0.4 is 0 Å². The predicted molar refractivity (Wildman–Crippen MR) is 75.3 cm³/mol. The van der Waals surface area contributed by atoms with Crippen molar-refractivity contribution in [2.45, 2.75) is 24.0 Å². The smallest absolute Gasteiger partial charge is 0.115 e. The maximum absolute atomic E-state index is 9.22. The Bertz CT molecular complexity index is 537. The van der Waals surface area contributed by atoms with Crippen LogP contribution in [0.2, 0.25) is 5.02 Å². The van der Waals surface area contributed by atoms with Gasteiger partial charge >= 0.3 is 0 Å². The average Bonchev–Trinajstić information content (AvgIpc) is 2.64. The summed E-state index contributed by atoms with van der Waals surface area (Å²) in [4.78, 5) is 1.10. The van der Waals surface area contributed by atoms with E-state index in [0.717, 1.165) is 33.5 Å². The van der Waals surface area contributed by atoms with Crippen LogP contribution in [0, 0.1) is 0 Å². The zero-order valence-electron chi connectivity index (χ0n) is 10.4. The van der Waals surface area contributed by atoms with Gasteiger partial charge in [-0.2, -0.15) is 5.10 Å². The van der Waals surface area contributed by atoms with E-state index >= 15 is 0 Å². The molecule has 2 rings (SSSR count). The van der Waals surface area contributed by atoms with E-state index in [-0.39, 0.29) is 5.75 Å². The molecule has 0 fully saturated rings. The minimum absolute atomic E-state index is 0.284. The zero-order valence-corrected chi connectivity index (χ0v) is 11.9. The Balaban J connectivity index is 2.10. The number of halogens is 1. The van der Waals surface area contributed by atoms with Gasteiger partial charge in [0, 0.05) is 17.7 Å². The van der Waals surface area contributed by atoms with Crippen molar-refractivity contribution < 1.29 is 5.11 Å². The number of rotatable bonds is 4. The van der Waals surface area contributed by atoms with E-state index in [2.05, 4.69) is 5.10 Å². The number of aromatic nitrogens is 2. The molecule has 18 heavy (non-hydrogen) atoms. The average molecular weight is 283 g/mol. The first-order valence-corrected chi connectivity index (χ1v) is 7.10. The summed E-state index contributed by atoms with van der Waals surface area (Å²) in [5.74, 6) is 1.05. The topological polar surface area (TPSA) is 38.0 Å². The summed E-state index contributed by atoms with van der Waals surface area (Å²) in [5.41, 5.74) is 1.98. The lowest BCUT2D eigenvalue weighted by Gasteiger charge is -2.03. The summed E-state index contributed by atoms with van der Waals surface area (Å²) in [5, 5.41) is 14.4. The van der Waals surface area contributed by atoms with Crippen molar-refractivity contribution >= 4 is 23.4 Å². The van der Waals surface area contributed by atoms with Crippen LogP contribution in [0.4, 0.5) is 0 Å². The number of benzene rings is 1. The Morgan fingerprint density at radius 3 is 2.56 bits per heavy atom. The Hall–Kier alpha value is -1.13. The van der Waals surface area contributed by atoms with Crippen LogP contribution in [0.15, 0.2) is 29.2 Å². The standard InChI is InChI=1S/C13H15ClN2OS/c1-3-11-13(14)12(16(2)15-11)8-18-10-6-4-9(17)5-7-10/h4-7,17H,3,8H2,1-2H3. The zero-order chi connectivity index (χ0) is 13.1. The fourth-order valence-electron chi connectivity index (χ4n) is 1.67. The maximum atomic E-state index is 9.22. The quantitative estimate of drug-likeness (QED) is 0.870. The van der Waals surface area contributed by atoms with Gasteiger partial charge in [0.15, 0.2) is 0 Å². The molecule has 3 nitrogen and oxygen atoms in total. The highest BCUT2D eigenvalue weighted by atomic mass is 35.5. The Kier molecular flexibility index (Phi) is 4.19. The second-order valence-electron chi connectivity index (χ2n) is 3.97. The molecule has 0 unspecified atom stereocenters. The Labute approximate surface area is 116 Å². The molecule has 2 aromatic rings. The SMILES string of the molecule is CCc1nn(C)c(CSc2ccc(O)cc2)c1Cl. The molecule has 1 aromatic carbocycles. The fraction of sp³-hybridized carbons (Fsp3) is 0.308. The molecule has 0 amide bonds. The summed E-state index contributed by atoms with van der Waals surface area (Å²) < 4.78 is 1.84. The van der Waals surface area contributed by atoms with Crippen LogP contribution in [0.5, 0.6) is 5.75 Å². The third-order valence-corrected chi connectivity index (χ3v) is 4.17. The number of hydrogen-bond acceptors (Lipinski definition) is 3. The van der Waals surface area contributed by atoms with Crippen molar-refractivity contribution in [3.05, 3.63) is 40.7 Å². The number of aromatic hydroxyl groups is 1. The molecule has 0 saturated carbocycles. The van der Waals surface area contributed by atoms with Crippen molar-refractivity contribution in [2.75, 3.05) is 0 Å². The molecule has 96 valence electrons. The highest BCUT2D eigenvalue weighted by Gasteiger charge is 2.12. The highest BCUT2D eigenvalue weighted by molar-refractivity contribution is 7.98. The lowest BCUT2D eigenvalue weighted by atomic mass is 10.3. The molecule has 1 heterocycles. The molecule has 0 aliphatic rings. The first-order valence-electron chi connectivity index (χ1n) is 5.74. The van der Waals surface area contributed by atoms with E-state index < -0.39 is 0 Å². The van der Waals surface area contributed by atoms with Crippen molar-refractivity contribution in [1.29, 1.82) is 0 Å². The number of phenolic OH excluding ortho intramolecular Hbond substituents is 1. The van der Waals surface area contributed by atoms with Gasteiger partial charge in [-0.3, -0.25) is 4.68 Å². The molecule has 0 spiro atoms. The van der Waals surface area contributed by atoms with Crippen molar-refractivity contribution in [2.24, 2.45) is 7.05 Å². The molecular weight excluding hydrogens is 268 g/mol. The molecule has 1 N–H and O–H groups in total. The van der Waals surface area contributed by atoms with E-state index in [1.54, 1.807) is 23.9 Å². The van der Waals surface area contributed by atoms with Gasteiger partial charge in [-0.1, -0.05) is 18.5 Å². The molecular formula is C13H15ClN2OS. The monoisotopic (exact) mass is 282 g/mol. The molecule has 0 aliphatic heterocycles. The van der Waals surface area contributed by atoms with Gasteiger partial charge in [0.2, 0.25) is 0 Å². The van der Waals surface area contributed by atoms with Gasteiger partial charge in [-0.25, -0.2) is 0 Å². The summed E-state index contributed by atoms with van der Waals surface area (Å²) in [7, 11) is 1.91. The fourth-order valence-corrected chi connectivity index (χ4v) is 3.07. The van der Waals surface area contributed by atoms with Crippen molar-refractivity contribution in [1.82, 2.24) is 9.78 Å². The second-order valence-corrected chi connectivity index (χ2v) is 5.39. The number of nitrogens with zero attached hydrogens (tertiary/aromatic N) is 2. The predicted octanol–water partition coefficient (Wildman–Crippen LogP) is 3.63. The second kappa shape index (κ2) is 5.67. The molecule has 0 atom stereocenters. The molecule has 0 bridgehead atoms. The summed E-state index contributed by atoms with van der Waals surface area (Å²) in [6, 6.07) is 7.16. The number of aryl methyl sites for hydroxylation is 2. The summed E-state index contributed by atoms with van der Waals surface area (Å²) >= 11 is 7.96. The molecule has 0 radical (unpaired) electrons. The highest BCUT2D eigenvalue weighted by Crippen LogP contribution is 2.29. The van der Waals surface area contributed by atoms with E-state index in [1.807, 2.05) is 30.8 Å². The van der Waals surface area contributed by atoms with Crippen LogP contribution in [0.25, 0.3) is 0 Å². The summed E-state index contributed by atoms with van der Waals surface area (Å²) in [6.45, 7) is 2.05. The van der Waals surface area contributed by atoms with Gasteiger partial charge in [-0.05, 0) is 30.7 Å². The first kappa shape index (κ1) is 13.3. The molecule has 1 aromatic heterocycles. The lowest BCUT2D eigenvalue weighted by Crippen LogP contribution is -1.96. The minimum atomic E-state index is 0.284. The van der Waals surface area contributed by atoms with Crippen LogP contribution >= 0.6 is 23.4 Å². The van der Waals surface area contributed by atoms with Crippen molar-refractivity contribution in [3.8, 4) is 5.75 Å². The van der Waals surface area contributed by atoms with E-state index in [4.69, 9.17) is 11.6 Å². The number of thioether (sulfide) groups is 1. The van der Waals surface area contributed by atoms with E-state index in [1.165, 1.54) is 0 Å². The van der Waals surface area contributed by atoms with Crippen LogP contribution in [-0.4, -0.2) is 14.9 Å². The lowest BCUT2D eigenvalue weighted by molar-refractivity contribution is 0.475. The number of phenols is 1. The van der Waals surface area contributed by atoms with Gasteiger partial charge < -0.3 is 5.11 Å². The molecule has 0 aliphatic carbocycles. The molecule has 0 saturated heterocycles. The van der Waals surface area contributed by atoms with Crippen molar-refractivity contribution in [3.63, 3.8) is 0 Å². The third kappa shape index (κ3) is 2.82. The summed E-state index contributed by atoms with van der Waals surface area (Å²) in [6.07, 6.45) is 0.844. The van der Waals surface area contributed by atoms with Crippen LogP contribution in [0.1, 0.15) is 18.3 Å². The van der Waals surface area contributed by atoms with Gasteiger partial charge in [-0.15, -0.1) is 11.8 Å². The van der Waals surface area contributed by atoms with E-state index in [9.17, 15) is 5.11 Å². The number of hydrogen-bond donors (Lipinski definition) is 1. The van der Waals surface area contributed by atoms with Gasteiger partial charge in [0.1, 0.15) is 5.75 Å². The van der Waals surface area contributed by atoms with E-state index in [0.29, 0.717) is 0 Å². The molecule has 5 heteroatoms.